The van der Waals surface area contributed by atoms with Gasteiger partial charge in [0.25, 0.3) is 5.69 Å². The van der Waals surface area contributed by atoms with Crippen LogP contribution in [-0.2, 0) is 13.2 Å². The highest BCUT2D eigenvalue weighted by Gasteiger charge is 2.12. The smallest absolute Gasteiger partial charge is 0.270 e. The van der Waals surface area contributed by atoms with E-state index in [1.807, 2.05) is 60.7 Å². The first-order chi connectivity index (χ1) is 19.4. The molecule has 0 unspecified atom stereocenters. The number of aromatic nitrogens is 4. The zero-order valence-electron chi connectivity index (χ0n) is 21.2. The van der Waals surface area contributed by atoms with Crippen molar-refractivity contribution in [1.29, 1.82) is 0 Å². The number of rotatable bonds is 5. The SMILES string of the molecule is Nc1cc(CO)cc(-c2cnc3ccccc3n2)c1.O=[N+]([O-])c1cc(CO)cc(-c2cnc3ccccc3n2)c1. The predicted octanol–water partition coefficient (Wildman–Crippen LogP) is 5.07. The molecule has 0 spiro atoms. The summed E-state index contributed by atoms with van der Waals surface area (Å²) >= 11 is 0. The lowest BCUT2D eigenvalue weighted by Gasteiger charge is -2.06. The van der Waals surface area contributed by atoms with Gasteiger partial charge in [0.15, 0.2) is 0 Å². The molecule has 198 valence electrons. The van der Waals surface area contributed by atoms with Crippen LogP contribution in [0.15, 0.2) is 97.3 Å². The number of aliphatic hydroxyl groups excluding tert-OH is 2. The molecule has 2 heterocycles. The highest BCUT2D eigenvalue weighted by Crippen LogP contribution is 2.26. The van der Waals surface area contributed by atoms with E-state index < -0.39 is 4.92 Å². The van der Waals surface area contributed by atoms with E-state index in [-0.39, 0.29) is 18.9 Å². The summed E-state index contributed by atoms with van der Waals surface area (Å²) in [7, 11) is 0. The summed E-state index contributed by atoms with van der Waals surface area (Å²) in [6.07, 6.45) is 3.29. The number of nitrogens with zero attached hydrogens (tertiary/aromatic N) is 5. The van der Waals surface area contributed by atoms with Crippen molar-refractivity contribution in [1.82, 2.24) is 19.9 Å². The number of fused-ring (bicyclic) bond motifs is 2. The van der Waals surface area contributed by atoms with Crippen molar-refractivity contribution in [2.75, 3.05) is 5.73 Å². The Labute approximate surface area is 228 Å². The number of nitro benzene ring substituents is 1. The maximum atomic E-state index is 11.0. The number of non-ortho nitro benzene ring substituents is 1. The van der Waals surface area contributed by atoms with E-state index in [1.54, 1.807) is 24.5 Å². The first-order valence-electron chi connectivity index (χ1n) is 12.3. The van der Waals surface area contributed by atoms with E-state index in [0.29, 0.717) is 28.0 Å². The molecule has 0 saturated heterocycles. The van der Waals surface area contributed by atoms with Gasteiger partial charge in [-0.2, -0.15) is 0 Å². The number of hydrogen-bond acceptors (Lipinski definition) is 9. The summed E-state index contributed by atoms with van der Waals surface area (Å²) in [5.41, 5.74) is 13.5. The van der Waals surface area contributed by atoms with Crippen molar-refractivity contribution < 1.29 is 15.1 Å². The van der Waals surface area contributed by atoms with Gasteiger partial charge in [0.1, 0.15) is 0 Å². The van der Waals surface area contributed by atoms with Gasteiger partial charge in [-0.1, -0.05) is 24.3 Å². The van der Waals surface area contributed by atoms with Crippen molar-refractivity contribution in [3.63, 3.8) is 0 Å². The van der Waals surface area contributed by atoms with E-state index in [9.17, 15) is 20.3 Å². The minimum atomic E-state index is -0.489. The number of nitrogens with two attached hydrogens (primary N) is 1. The first-order valence-corrected chi connectivity index (χ1v) is 12.3. The van der Waals surface area contributed by atoms with Gasteiger partial charge in [-0.25, -0.2) is 9.97 Å². The Hall–Kier alpha value is -5.32. The molecule has 6 rings (SSSR count). The normalized spacial score (nSPS) is 10.8. The summed E-state index contributed by atoms with van der Waals surface area (Å²) in [5, 5.41) is 29.4. The van der Waals surface area contributed by atoms with Gasteiger partial charge in [-0.3, -0.25) is 20.1 Å². The number of hydrogen-bond donors (Lipinski definition) is 3. The predicted molar refractivity (Wildman–Crippen MR) is 153 cm³/mol. The highest BCUT2D eigenvalue weighted by atomic mass is 16.6. The Morgan fingerprint density at radius 3 is 1.65 bits per heavy atom. The average Bonchev–Trinajstić information content (AvgIpc) is 3.00. The molecule has 6 aromatic rings. The summed E-state index contributed by atoms with van der Waals surface area (Å²) < 4.78 is 0. The molecule has 0 aliphatic heterocycles. The number of aliphatic hydroxyl groups is 2. The number of nitro groups is 1. The molecule has 0 atom stereocenters. The van der Waals surface area contributed by atoms with Crippen LogP contribution in [0.1, 0.15) is 11.1 Å². The van der Waals surface area contributed by atoms with Crippen molar-refractivity contribution in [2.24, 2.45) is 0 Å². The third-order valence-electron chi connectivity index (χ3n) is 6.06. The largest absolute Gasteiger partial charge is 0.399 e. The second kappa shape index (κ2) is 11.6. The second-order valence-electron chi connectivity index (χ2n) is 8.91. The molecule has 0 fully saturated rings. The van der Waals surface area contributed by atoms with Crippen LogP contribution in [0.4, 0.5) is 11.4 Å². The summed E-state index contributed by atoms with van der Waals surface area (Å²) in [4.78, 5) is 28.2. The second-order valence-corrected chi connectivity index (χ2v) is 8.91. The van der Waals surface area contributed by atoms with Crippen molar-refractivity contribution in [3.05, 3.63) is 119 Å². The van der Waals surface area contributed by atoms with Crippen LogP contribution < -0.4 is 5.73 Å². The zero-order valence-corrected chi connectivity index (χ0v) is 21.2. The Morgan fingerprint density at radius 2 is 1.15 bits per heavy atom. The van der Waals surface area contributed by atoms with Gasteiger partial charge in [0.05, 0.1) is 64.0 Å². The molecule has 10 nitrogen and oxygen atoms in total. The molecule has 0 amide bonds. The average molecular weight is 533 g/mol. The minimum Gasteiger partial charge on any atom is -0.399 e. The summed E-state index contributed by atoms with van der Waals surface area (Å²) in [5.74, 6) is 0. The first kappa shape index (κ1) is 26.3. The van der Waals surface area contributed by atoms with Crippen molar-refractivity contribution in [3.8, 4) is 22.5 Å². The molecular weight excluding hydrogens is 508 g/mol. The monoisotopic (exact) mass is 532 g/mol. The molecular formula is C30H24N6O4. The maximum Gasteiger partial charge on any atom is 0.270 e. The fraction of sp³-hybridized carbons (Fsp3) is 0.0667. The number of anilines is 1. The number of nitrogen functional groups attached to an aromatic ring is 1. The van der Waals surface area contributed by atoms with Crippen molar-refractivity contribution >= 4 is 33.4 Å². The number of para-hydroxylation sites is 4. The molecule has 40 heavy (non-hydrogen) atoms. The highest BCUT2D eigenvalue weighted by molar-refractivity contribution is 5.78. The van der Waals surface area contributed by atoms with Crippen LogP contribution in [0, 0.1) is 10.1 Å². The van der Waals surface area contributed by atoms with Crippen LogP contribution in [0.5, 0.6) is 0 Å². The third kappa shape index (κ3) is 5.88. The molecule has 0 radical (unpaired) electrons. The lowest BCUT2D eigenvalue weighted by molar-refractivity contribution is -0.384. The van der Waals surface area contributed by atoms with Gasteiger partial charge in [0.2, 0.25) is 0 Å². The Kier molecular flexibility index (Phi) is 7.63. The topological polar surface area (TPSA) is 161 Å². The standard InChI is InChI=1S/C15H11N3O3.C15H13N3O/c19-9-10-5-11(7-12(6-10)18(20)21)15-8-16-13-3-1-2-4-14(13)17-15;16-12-6-10(9-19)5-11(7-12)15-8-17-13-3-1-2-4-14(13)18-15/h1-8,19H,9H2;1-8,19H,9,16H2. The van der Waals surface area contributed by atoms with Gasteiger partial charge >= 0.3 is 0 Å². The fourth-order valence-electron chi connectivity index (χ4n) is 4.17. The van der Waals surface area contributed by atoms with Gasteiger partial charge in [0, 0.05) is 28.9 Å². The molecule has 4 N–H and O–H groups in total. The summed E-state index contributed by atoms with van der Waals surface area (Å²) in [6.45, 7) is -0.311. The van der Waals surface area contributed by atoms with Crippen LogP contribution in [-0.4, -0.2) is 35.1 Å². The summed E-state index contributed by atoms with van der Waals surface area (Å²) in [6, 6.07) is 25.0. The van der Waals surface area contributed by atoms with Crippen LogP contribution >= 0.6 is 0 Å². The zero-order chi connectivity index (χ0) is 28.1. The maximum absolute atomic E-state index is 11.0. The van der Waals surface area contributed by atoms with E-state index in [4.69, 9.17) is 5.73 Å². The van der Waals surface area contributed by atoms with Gasteiger partial charge in [-0.05, 0) is 59.7 Å². The molecule has 0 aliphatic rings. The lowest BCUT2D eigenvalue weighted by Crippen LogP contribution is -1.94. The minimum absolute atomic E-state index is 0.0426. The molecule has 0 aliphatic carbocycles. The quantitative estimate of drug-likeness (QED) is 0.156. The Bertz CT molecular complexity index is 1840. The van der Waals surface area contributed by atoms with Crippen LogP contribution in [0.2, 0.25) is 0 Å². The van der Waals surface area contributed by atoms with Crippen molar-refractivity contribution in [2.45, 2.75) is 13.2 Å². The molecule has 4 aromatic carbocycles. The third-order valence-corrected chi connectivity index (χ3v) is 6.06. The van der Waals surface area contributed by atoms with Crippen LogP contribution in [0.3, 0.4) is 0 Å². The van der Waals surface area contributed by atoms with E-state index in [2.05, 4.69) is 19.9 Å². The van der Waals surface area contributed by atoms with E-state index in [1.165, 1.54) is 12.1 Å². The molecule has 0 saturated carbocycles. The molecule has 10 heteroatoms. The van der Waals surface area contributed by atoms with Gasteiger partial charge < -0.3 is 15.9 Å². The Morgan fingerprint density at radius 1 is 0.675 bits per heavy atom. The Balaban J connectivity index is 0.000000162. The van der Waals surface area contributed by atoms with E-state index in [0.717, 1.165) is 33.4 Å². The number of benzene rings is 4. The lowest BCUT2D eigenvalue weighted by atomic mass is 10.1. The van der Waals surface area contributed by atoms with E-state index >= 15 is 0 Å². The molecule has 2 aromatic heterocycles. The molecule has 0 bridgehead atoms. The van der Waals surface area contributed by atoms with Crippen LogP contribution in [0.25, 0.3) is 44.6 Å². The van der Waals surface area contributed by atoms with Gasteiger partial charge in [-0.15, -0.1) is 0 Å². The fourth-order valence-corrected chi connectivity index (χ4v) is 4.17.